The van der Waals surface area contributed by atoms with Gasteiger partial charge in [0.25, 0.3) is 0 Å². The maximum Gasteiger partial charge on any atom is 0.336 e. The Labute approximate surface area is 83.2 Å². The number of esters is 2. The van der Waals surface area contributed by atoms with Gasteiger partial charge in [-0.15, -0.1) is 0 Å². The van der Waals surface area contributed by atoms with Crippen LogP contribution in [0.2, 0.25) is 0 Å². The van der Waals surface area contributed by atoms with Crippen molar-refractivity contribution in [3.05, 3.63) is 24.3 Å². The number of hydrogen-bond donors (Lipinski definition) is 0. The molecule has 0 N–H and O–H groups in total. The van der Waals surface area contributed by atoms with Crippen LogP contribution in [0.15, 0.2) is 24.3 Å². The first kappa shape index (κ1) is 12.4. The maximum absolute atomic E-state index is 11.1. The summed E-state index contributed by atoms with van der Waals surface area (Å²) in [6.07, 6.45) is 3.49. The highest BCUT2D eigenvalue weighted by Crippen LogP contribution is 1.98. The summed E-state index contributed by atoms with van der Waals surface area (Å²) in [5.74, 6) is -1.10. The van der Waals surface area contributed by atoms with Crippen LogP contribution >= 0.6 is 0 Å². The van der Waals surface area contributed by atoms with Crippen LogP contribution in [0.25, 0.3) is 0 Å². The van der Waals surface area contributed by atoms with Crippen LogP contribution in [0, 0.1) is 0 Å². The molecule has 0 aliphatic heterocycles. The average Bonchev–Trinajstić information content (AvgIpc) is 2.17. The topological polar surface area (TPSA) is 52.6 Å². The summed E-state index contributed by atoms with van der Waals surface area (Å²) < 4.78 is 9.09. The van der Waals surface area contributed by atoms with Gasteiger partial charge in [-0.1, -0.05) is 19.6 Å². The standard InChI is InChI=1S/C10H14O4/c1-4-6-8(3)10(12)14-7-13-9(11)5-2/h5-6H,2,4,7H2,1,3H3. The van der Waals surface area contributed by atoms with Crippen molar-refractivity contribution in [1.82, 2.24) is 0 Å². The zero-order valence-electron chi connectivity index (χ0n) is 8.41. The Morgan fingerprint density at radius 1 is 1.36 bits per heavy atom. The van der Waals surface area contributed by atoms with Crippen molar-refractivity contribution in [2.75, 3.05) is 6.79 Å². The molecule has 0 aliphatic carbocycles. The van der Waals surface area contributed by atoms with E-state index in [-0.39, 0.29) is 6.79 Å². The van der Waals surface area contributed by atoms with E-state index >= 15 is 0 Å². The lowest BCUT2D eigenvalue weighted by molar-refractivity contribution is -0.160. The molecule has 0 spiro atoms. The fraction of sp³-hybridized carbons (Fsp3) is 0.400. The molecule has 78 valence electrons. The molecule has 0 rings (SSSR count). The Kier molecular flexibility index (Phi) is 6.11. The fourth-order valence-corrected chi connectivity index (χ4v) is 0.703. The predicted molar refractivity (Wildman–Crippen MR) is 51.3 cm³/mol. The van der Waals surface area contributed by atoms with Crippen LogP contribution in [0.1, 0.15) is 20.3 Å². The Balaban J connectivity index is 3.80. The summed E-state index contributed by atoms with van der Waals surface area (Å²) in [6.45, 7) is 6.37. The molecule has 14 heavy (non-hydrogen) atoms. The molecule has 0 aromatic heterocycles. The molecule has 0 bridgehead atoms. The molecule has 0 aromatic rings. The van der Waals surface area contributed by atoms with Gasteiger partial charge in [0.1, 0.15) is 0 Å². The van der Waals surface area contributed by atoms with Crippen molar-refractivity contribution >= 4 is 11.9 Å². The zero-order chi connectivity index (χ0) is 11.0. The average molecular weight is 198 g/mol. The van der Waals surface area contributed by atoms with Crippen LogP contribution in [-0.2, 0) is 19.1 Å². The van der Waals surface area contributed by atoms with E-state index in [4.69, 9.17) is 0 Å². The molecule has 4 heteroatoms. The minimum Gasteiger partial charge on any atom is -0.425 e. The highest BCUT2D eigenvalue weighted by Gasteiger charge is 2.05. The van der Waals surface area contributed by atoms with Crippen molar-refractivity contribution in [1.29, 1.82) is 0 Å². The Morgan fingerprint density at radius 3 is 2.50 bits per heavy atom. The first-order valence-corrected chi connectivity index (χ1v) is 4.24. The Morgan fingerprint density at radius 2 is 2.00 bits per heavy atom. The third-order valence-corrected chi connectivity index (χ3v) is 1.39. The van der Waals surface area contributed by atoms with Gasteiger partial charge >= 0.3 is 11.9 Å². The van der Waals surface area contributed by atoms with E-state index in [1.54, 1.807) is 13.0 Å². The lowest BCUT2D eigenvalue weighted by atomic mass is 10.2. The van der Waals surface area contributed by atoms with E-state index < -0.39 is 11.9 Å². The number of carbonyl (C=O) groups excluding carboxylic acids is 2. The third-order valence-electron chi connectivity index (χ3n) is 1.39. The molecule has 0 aliphatic rings. The van der Waals surface area contributed by atoms with Crippen molar-refractivity contribution in [2.45, 2.75) is 20.3 Å². The summed E-state index contributed by atoms with van der Waals surface area (Å²) in [7, 11) is 0. The zero-order valence-corrected chi connectivity index (χ0v) is 8.41. The van der Waals surface area contributed by atoms with Gasteiger partial charge < -0.3 is 9.47 Å². The SMILES string of the molecule is C=CC(=O)OCOC(=O)C(C)=CCC. The van der Waals surface area contributed by atoms with Crippen molar-refractivity contribution in [2.24, 2.45) is 0 Å². The number of hydrogen-bond acceptors (Lipinski definition) is 4. The van der Waals surface area contributed by atoms with Crippen LogP contribution in [-0.4, -0.2) is 18.7 Å². The van der Waals surface area contributed by atoms with Crippen LogP contribution in [0.4, 0.5) is 0 Å². The van der Waals surface area contributed by atoms with E-state index in [1.807, 2.05) is 6.92 Å². The molecule has 0 heterocycles. The monoisotopic (exact) mass is 198 g/mol. The molecule has 0 atom stereocenters. The molecule has 0 radical (unpaired) electrons. The lowest BCUT2D eigenvalue weighted by Gasteiger charge is -2.04. The van der Waals surface area contributed by atoms with Gasteiger partial charge in [-0.2, -0.15) is 0 Å². The second-order valence-corrected chi connectivity index (χ2v) is 2.51. The van der Waals surface area contributed by atoms with Crippen LogP contribution < -0.4 is 0 Å². The van der Waals surface area contributed by atoms with E-state index in [0.29, 0.717) is 5.57 Å². The number of allylic oxidation sites excluding steroid dienone is 1. The molecule has 4 nitrogen and oxygen atoms in total. The minimum atomic E-state index is -0.616. The van der Waals surface area contributed by atoms with Gasteiger partial charge in [-0.05, 0) is 13.3 Å². The van der Waals surface area contributed by atoms with E-state index in [2.05, 4.69) is 16.1 Å². The van der Waals surface area contributed by atoms with Crippen LogP contribution in [0.3, 0.4) is 0 Å². The molecule has 0 saturated carbocycles. The molecule has 0 saturated heterocycles. The summed E-state index contributed by atoms with van der Waals surface area (Å²) in [5, 5.41) is 0. The Bertz CT molecular complexity index is 253. The normalized spacial score (nSPS) is 10.6. The quantitative estimate of drug-likeness (QED) is 0.382. The molecule has 0 amide bonds. The minimum absolute atomic E-state index is 0.376. The van der Waals surface area contributed by atoms with Crippen molar-refractivity contribution in [3.8, 4) is 0 Å². The third kappa shape index (κ3) is 5.13. The summed E-state index contributed by atoms with van der Waals surface area (Å²) in [6, 6.07) is 0. The van der Waals surface area contributed by atoms with Gasteiger partial charge in [-0.3, -0.25) is 0 Å². The maximum atomic E-state index is 11.1. The van der Waals surface area contributed by atoms with Gasteiger partial charge in [-0.25, -0.2) is 9.59 Å². The van der Waals surface area contributed by atoms with Gasteiger partial charge in [0.05, 0.1) is 0 Å². The first-order chi connectivity index (χ1) is 6.61. The van der Waals surface area contributed by atoms with E-state index in [0.717, 1.165) is 12.5 Å². The lowest BCUT2D eigenvalue weighted by Crippen LogP contribution is -2.11. The van der Waals surface area contributed by atoms with Gasteiger partial charge in [0.2, 0.25) is 6.79 Å². The molecular formula is C10H14O4. The van der Waals surface area contributed by atoms with Gasteiger partial charge in [0, 0.05) is 11.6 Å². The predicted octanol–water partition coefficient (Wildman–Crippen LogP) is 1.57. The summed E-state index contributed by atoms with van der Waals surface area (Å²) >= 11 is 0. The molecule has 0 unspecified atom stereocenters. The second kappa shape index (κ2) is 6.88. The van der Waals surface area contributed by atoms with E-state index in [1.165, 1.54) is 0 Å². The highest BCUT2D eigenvalue weighted by atomic mass is 16.7. The largest absolute Gasteiger partial charge is 0.425 e. The second-order valence-electron chi connectivity index (χ2n) is 2.51. The number of carbonyl (C=O) groups is 2. The molecular weight excluding hydrogens is 184 g/mol. The molecule has 0 aromatic carbocycles. The smallest absolute Gasteiger partial charge is 0.336 e. The summed E-state index contributed by atoms with van der Waals surface area (Å²) in [5.41, 5.74) is 0.502. The number of ether oxygens (including phenoxy) is 2. The van der Waals surface area contributed by atoms with E-state index in [9.17, 15) is 9.59 Å². The highest BCUT2D eigenvalue weighted by molar-refractivity contribution is 5.87. The van der Waals surface area contributed by atoms with Gasteiger partial charge in [0.15, 0.2) is 0 Å². The summed E-state index contributed by atoms with van der Waals surface area (Å²) in [4.78, 5) is 21.6. The van der Waals surface area contributed by atoms with Crippen molar-refractivity contribution < 1.29 is 19.1 Å². The number of rotatable bonds is 5. The fourth-order valence-electron chi connectivity index (χ4n) is 0.703. The van der Waals surface area contributed by atoms with Crippen LogP contribution in [0.5, 0.6) is 0 Å². The molecule has 0 fully saturated rings. The first-order valence-electron chi connectivity index (χ1n) is 4.24. The Hall–Kier alpha value is -1.58. The van der Waals surface area contributed by atoms with Crippen molar-refractivity contribution in [3.63, 3.8) is 0 Å².